The van der Waals surface area contributed by atoms with Crippen LogP contribution in [0.4, 0.5) is 0 Å². The lowest BCUT2D eigenvalue weighted by Gasteiger charge is -2.18. The predicted molar refractivity (Wildman–Crippen MR) is 94.3 cm³/mol. The lowest BCUT2D eigenvalue weighted by Crippen LogP contribution is -2.21. The van der Waals surface area contributed by atoms with E-state index in [-0.39, 0.29) is 5.56 Å². The van der Waals surface area contributed by atoms with Gasteiger partial charge in [0.25, 0.3) is 0 Å². The number of aryl methyl sites for hydroxylation is 2. The minimum Gasteiger partial charge on any atom is -0.477 e. The van der Waals surface area contributed by atoms with Crippen LogP contribution in [0.3, 0.4) is 0 Å². The Kier molecular flexibility index (Phi) is 2.97. The van der Waals surface area contributed by atoms with Crippen molar-refractivity contribution >= 4 is 16.9 Å². The van der Waals surface area contributed by atoms with E-state index in [0.29, 0.717) is 24.4 Å². The van der Waals surface area contributed by atoms with Crippen molar-refractivity contribution < 1.29 is 18.7 Å². The molecule has 0 unspecified atom stereocenters. The van der Waals surface area contributed by atoms with Crippen molar-refractivity contribution in [1.82, 2.24) is 4.57 Å². The van der Waals surface area contributed by atoms with E-state index in [1.807, 2.05) is 24.3 Å². The number of aromatic carboxylic acids is 1. The number of aromatic nitrogens is 1. The molecule has 128 valence electrons. The van der Waals surface area contributed by atoms with Gasteiger partial charge in [0.15, 0.2) is 11.2 Å². The Morgan fingerprint density at radius 1 is 1.15 bits per heavy atom. The van der Waals surface area contributed by atoms with Crippen LogP contribution in [-0.4, -0.2) is 15.6 Å². The molecule has 0 radical (unpaired) electrons. The standard InChI is InChI=1S/C20H13NO5/c22-17-8-16-19-14(3-5-21(16)9-15(17)20(23)24)13-2-1-11(7-18(13)26-19)12-4-6-25-10-12/h1-2,4,6-10H,3,5H2,(H,23,24). The van der Waals surface area contributed by atoms with Crippen LogP contribution < -0.4 is 5.43 Å². The van der Waals surface area contributed by atoms with Crippen LogP contribution >= 0.6 is 0 Å². The lowest BCUT2D eigenvalue weighted by molar-refractivity contribution is 0.0694. The highest BCUT2D eigenvalue weighted by Crippen LogP contribution is 2.38. The Bertz CT molecular complexity index is 1230. The summed E-state index contributed by atoms with van der Waals surface area (Å²) >= 11 is 0. The van der Waals surface area contributed by atoms with Crippen LogP contribution in [0.25, 0.3) is 33.6 Å². The molecule has 1 N–H and O–H groups in total. The van der Waals surface area contributed by atoms with Gasteiger partial charge < -0.3 is 18.5 Å². The molecule has 1 aliphatic heterocycles. The molecule has 6 heteroatoms. The number of furan rings is 2. The SMILES string of the molecule is O=C(O)c1cn2c(cc1=O)-c1oc3cc(-c4ccoc4)ccc3c1CC2. The maximum Gasteiger partial charge on any atom is 0.341 e. The fourth-order valence-electron chi connectivity index (χ4n) is 3.56. The summed E-state index contributed by atoms with van der Waals surface area (Å²) in [5.74, 6) is -0.588. The Morgan fingerprint density at radius 2 is 2.04 bits per heavy atom. The summed E-state index contributed by atoms with van der Waals surface area (Å²) < 4.78 is 13.0. The summed E-state index contributed by atoms with van der Waals surface area (Å²) in [4.78, 5) is 23.3. The second-order valence-corrected chi connectivity index (χ2v) is 6.32. The first-order chi connectivity index (χ1) is 12.6. The number of rotatable bonds is 2. The van der Waals surface area contributed by atoms with Crippen LogP contribution in [-0.2, 0) is 13.0 Å². The highest BCUT2D eigenvalue weighted by atomic mass is 16.4. The molecule has 4 aromatic rings. The van der Waals surface area contributed by atoms with Crippen molar-refractivity contribution in [3.8, 4) is 22.6 Å². The number of hydrogen-bond acceptors (Lipinski definition) is 4. The summed E-state index contributed by atoms with van der Waals surface area (Å²) in [6.07, 6.45) is 5.40. The van der Waals surface area contributed by atoms with E-state index < -0.39 is 11.4 Å². The summed E-state index contributed by atoms with van der Waals surface area (Å²) in [6, 6.07) is 9.21. The zero-order chi connectivity index (χ0) is 17.8. The average molecular weight is 347 g/mol. The fourth-order valence-corrected chi connectivity index (χ4v) is 3.56. The molecule has 5 rings (SSSR count). The predicted octanol–water partition coefficient (Wildman–Crippen LogP) is 3.78. The van der Waals surface area contributed by atoms with Crippen LogP contribution in [0.5, 0.6) is 0 Å². The third-order valence-electron chi connectivity index (χ3n) is 4.84. The lowest BCUT2D eigenvalue weighted by atomic mass is 10.00. The average Bonchev–Trinajstić information content (AvgIpc) is 3.28. The number of benzene rings is 1. The normalized spacial score (nSPS) is 12.8. The highest BCUT2D eigenvalue weighted by molar-refractivity contribution is 5.92. The molecule has 4 heterocycles. The number of nitrogens with zero attached hydrogens (tertiary/aromatic N) is 1. The zero-order valence-electron chi connectivity index (χ0n) is 13.6. The minimum absolute atomic E-state index is 0.226. The number of pyridine rings is 1. The monoisotopic (exact) mass is 347 g/mol. The third-order valence-corrected chi connectivity index (χ3v) is 4.84. The Labute approximate surface area is 146 Å². The molecular formula is C20H13NO5. The van der Waals surface area contributed by atoms with E-state index in [0.717, 1.165) is 27.7 Å². The van der Waals surface area contributed by atoms with Crippen LogP contribution in [0.2, 0.25) is 0 Å². The van der Waals surface area contributed by atoms with Crippen molar-refractivity contribution in [2.24, 2.45) is 0 Å². The molecule has 0 fully saturated rings. The molecule has 0 spiro atoms. The van der Waals surface area contributed by atoms with Crippen molar-refractivity contribution in [3.63, 3.8) is 0 Å². The van der Waals surface area contributed by atoms with E-state index in [4.69, 9.17) is 13.9 Å². The molecule has 1 aliphatic rings. The second-order valence-electron chi connectivity index (χ2n) is 6.32. The zero-order valence-corrected chi connectivity index (χ0v) is 13.6. The Hall–Kier alpha value is -3.54. The third kappa shape index (κ3) is 2.05. The van der Waals surface area contributed by atoms with E-state index in [1.165, 1.54) is 12.3 Å². The molecule has 6 nitrogen and oxygen atoms in total. The van der Waals surface area contributed by atoms with Gasteiger partial charge in [-0.25, -0.2) is 4.79 Å². The quantitative estimate of drug-likeness (QED) is 0.596. The van der Waals surface area contributed by atoms with Crippen molar-refractivity contribution in [3.05, 3.63) is 70.4 Å². The van der Waals surface area contributed by atoms with Gasteiger partial charge in [-0.1, -0.05) is 12.1 Å². The molecule has 0 atom stereocenters. The molecule has 0 bridgehead atoms. The molecule has 0 saturated carbocycles. The number of carbonyl (C=O) groups is 1. The van der Waals surface area contributed by atoms with Gasteiger partial charge in [-0.3, -0.25) is 4.79 Å². The fraction of sp³-hybridized carbons (Fsp3) is 0.100. The van der Waals surface area contributed by atoms with E-state index in [1.54, 1.807) is 17.1 Å². The van der Waals surface area contributed by atoms with Crippen molar-refractivity contribution in [2.45, 2.75) is 13.0 Å². The molecule has 0 amide bonds. The van der Waals surface area contributed by atoms with Crippen molar-refractivity contribution in [1.29, 1.82) is 0 Å². The van der Waals surface area contributed by atoms with Gasteiger partial charge in [0, 0.05) is 35.3 Å². The topological polar surface area (TPSA) is 85.6 Å². The Balaban J connectivity index is 1.72. The summed E-state index contributed by atoms with van der Waals surface area (Å²) in [7, 11) is 0. The summed E-state index contributed by atoms with van der Waals surface area (Å²) in [5, 5.41) is 10.2. The van der Waals surface area contributed by atoms with Gasteiger partial charge in [-0.2, -0.15) is 0 Å². The van der Waals surface area contributed by atoms with Crippen molar-refractivity contribution in [2.75, 3.05) is 0 Å². The smallest absolute Gasteiger partial charge is 0.341 e. The minimum atomic E-state index is -1.22. The van der Waals surface area contributed by atoms with Gasteiger partial charge in [0.1, 0.15) is 11.1 Å². The largest absolute Gasteiger partial charge is 0.477 e. The number of fused-ring (bicyclic) bond motifs is 5. The van der Waals surface area contributed by atoms with Gasteiger partial charge in [-0.05, 0) is 24.1 Å². The maximum absolute atomic E-state index is 12.1. The number of carboxylic acid groups (broad SMARTS) is 1. The summed E-state index contributed by atoms with van der Waals surface area (Å²) in [6.45, 7) is 0.598. The second kappa shape index (κ2) is 5.23. The van der Waals surface area contributed by atoms with Gasteiger partial charge in [0.05, 0.1) is 18.2 Å². The molecule has 3 aromatic heterocycles. The first kappa shape index (κ1) is 14.8. The van der Waals surface area contributed by atoms with E-state index in [9.17, 15) is 9.59 Å². The van der Waals surface area contributed by atoms with Gasteiger partial charge in [-0.15, -0.1) is 0 Å². The molecule has 0 aliphatic carbocycles. The number of hydrogen-bond donors (Lipinski definition) is 1. The molecule has 0 saturated heterocycles. The number of carboxylic acids is 1. The van der Waals surface area contributed by atoms with Crippen LogP contribution in [0, 0.1) is 0 Å². The highest BCUT2D eigenvalue weighted by Gasteiger charge is 2.24. The summed E-state index contributed by atoms with van der Waals surface area (Å²) in [5.41, 5.74) is 3.59. The maximum atomic E-state index is 12.1. The van der Waals surface area contributed by atoms with Crippen LogP contribution in [0.1, 0.15) is 15.9 Å². The molecule has 1 aromatic carbocycles. The van der Waals surface area contributed by atoms with E-state index in [2.05, 4.69) is 0 Å². The van der Waals surface area contributed by atoms with E-state index >= 15 is 0 Å². The van der Waals surface area contributed by atoms with Crippen LogP contribution in [0.15, 0.2) is 62.7 Å². The molecule has 26 heavy (non-hydrogen) atoms. The first-order valence-corrected chi connectivity index (χ1v) is 8.18. The van der Waals surface area contributed by atoms with Gasteiger partial charge in [0.2, 0.25) is 0 Å². The first-order valence-electron chi connectivity index (χ1n) is 8.18. The van der Waals surface area contributed by atoms with Gasteiger partial charge >= 0.3 is 5.97 Å². The Morgan fingerprint density at radius 3 is 2.81 bits per heavy atom. The molecular weight excluding hydrogens is 334 g/mol.